The second-order valence-electron chi connectivity index (χ2n) is 3.84. The summed E-state index contributed by atoms with van der Waals surface area (Å²) in [5.74, 6) is 0.173. The van der Waals surface area contributed by atoms with Crippen LogP contribution in [0.15, 0.2) is 12.1 Å². The molecule has 1 aliphatic rings. The molecule has 0 aliphatic heterocycles. The van der Waals surface area contributed by atoms with E-state index in [-0.39, 0.29) is 5.78 Å². The Balaban J connectivity index is 2.58. The maximum Gasteiger partial charge on any atom is 0.160 e. The fraction of sp³-hybridized carbons (Fsp3) is 0.417. The van der Waals surface area contributed by atoms with Crippen LogP contribution in [0.2, 0.25) is 0 Å². The first-order chi connectivity index (χ1) is 6.74. The molecule has 2 nitrogen and oxygen atoms in total. The zero-order chi connectivity index (χ0) is 10.1. The maximum absolute atomic E-state index is 11.4. The van der Waals surface area contributed by atoms with Gasteiger partial charge in [0, 0.05) is 12.1 Å². The number of benzene rings is 1. The van der Waals surface area contributed by atoms with Gasteiger partial charge in [0.1, 0.15) is 0 Å². The van der Waals surface area contributed by atoms with Crippen molar-refractivity contribution in [1.82, 2.24) is 0 Å². The predicted octanol–water partition coefficient (Wildman–Crippen LogP) is 1.84. The Morgan fingerprint density at radius 1 is 1.36 bits per heavy atom. The van der Waals surface area contributed by atoms with E-state index in [0.29, 0.717) is 6.54 Å². The average Bonchev–Trinajstić information content (AvgIpc) is 2.64. The van der Waals surface area contributed by atoms with Gasteiger partial charge in [-0.15, -0.1) is 0 Å². The van der Waals surface area contributed by atoms with Crippen LogP contribution in [-0.4, -0.2) is 5.78 Å². The summed E-state index contributed by atoms with van der Waals surface area (Å²) in [5, 5.41) is 0. The van der Waals surface area contributed by atoms with Crippen molar-refractivity contribution in [3.63, 3.8) is 0 Å². The van der Waals surface area contributed by atoms with Crippen LogP contribution in [0.1, 0.15) is 40.4 Å². The summed E-state index contributed by atoms with van der Waals surface area (Å²) >= 11 is 0. The van der Waals surface area contributed by atoms with Gasteiger partial charge in [0.25, 0.3) is 0 Å². The molecule has 1 aliphatic carbocycles. The quantitative estimate of drug-likeness (QED) is 0.721. The number of hydrogen-bond acceptors (Lipinski definition) is 2. The van der Waals surface area contributed by atoms with Crippen molar-refractivity contribution in [1.29, 1.82) is 0 Å². The van der Waals surface area contributed by atoms with Crippen molar-refractivity contribution in [3.05, 3.63) is 34.4 Å². The molecule has 0 saturated heterocycles. The van der Waals surface area contributed by atoms with Gasteiger partial charge < -0.3 is 5.73 Å². The zero-order valence-corrected chi connectivity index (χ0v) is 8.47. The molecule has 0 aromatic heterocycles. The molecule has 0 bridgehead atoms. The Bertz CT molecular complexity index is 382. The van der Waals surface area contributed by atoms with Crippen LogP contribution < -0.4 is 5.73 Å². The highest BCUT2D eigenvalue weighted by atomic mass is 16.1. The SMILES string of the molecule is CC(=O)c1ccc(CN)c2c1CCC2. The smallest absolute Gasteiger partial charge is 0.160 e. The zero-order valence-electron chi connectivity index (χ0n) is 8.47. The number of hydrogen-bond donors (Lipinski definition) is 1. The number of Topliss-reactive ketones (excluding diaryl/α,β-unsaturated/α-hetero) is 1. The Morgan fingerprint density at radius 2 is 2.07 bits per heavy atom. The van der Waals surface area contributed by atoms with Crippen molar-refractivity contribution < 1.29 is 4.79 Å². The molecular formula is C12H15NO. The van der Waals surface area contributed by atoms with E-state index < -0.39 is 0 Å². The first-order valence-corrected chi connectivity index (χ1v) is 5.08. The third-order valence-corrected chi connectivity index (χ3v) is 2.98. The van der Waals surface area contributed by atoms with Gasteiger partial charge in [0.05, 0.1) is 0 Å². The average molecular weight is 189 g/mol. The normalized spacial score (nSPS) is 14.1. The van der Waals surface area contributed by atoms with Crippen LogP contribution in [0.4, 0.5) is 0 Å². The molecule has 0 saturated carbocycles. The van der Waals surface area contributed by atoms with Crippen molar-refractivity contribution in [2.45, 2.75) is 32.7 Å². The van der Waals surface area contributed by atoms with E-state index in [4.69, 9.17) is 5.73 Å². The second-order valence-corrected chi connectivity index (χ2v) is 3.84. The number of rotatable bonds is 2. The second kappa shape index (κ2) is 3.54. The van der Waals surface area contributed by atoms with Crippen LogP contribution in [0, 0.1) is 0 Å². The minimum atomic E-state index is 0.173. The van der Waals surface area contributed by atoms with Crippen LogP contribution in [0.5, 0.6) is 0 Å². The molecule has 0 spiro atoms. The summed E-state index contributed by atoms with van der Waals surface area (Å²) in [7, 11) is 0. The fourth-order valence-electron chi connectivity index (χ4n) is 2.30. The summed E-state index contributed by atoms with van der Waals surface area (Å²) in [4.78, 5) is 11.4. The highest BCUT2D eigenvalue weighted by molar-refractivity contribution is 5.96. The molecule has 0 atom stereocenters. The first-order valence-electron chi connectivity index (χ1n) is 5.08. The number of ketones is 1. The summed E-state index contributed by atoms with van der Waals surface area (Å²) in [6.07, 6.45) is 3.29. The van der Waals surface area contributed by atoms with Gasteiger partial charge in [0.2, 0.25) is 0 Å². The lowest BCUT2D eigenvalue weighted by Crippen LogP contribution is -2.05. The van der Waals surface area contributed by atoms with Gasteiger partial charge in [-0.2, -0.15) is 0 Å². The fourth-order valence-corrected chi connectivity index (χ4v) is 2.30. The topological polar surface area (TPSA) is 43.1 Å². The molecule has 2 heteroatoms. The number of carbonyl (C=O) groups excluding carboxylic acids is 1. The third-order valence-electron chi connectivity index (χ3n) is 2.98. The van der Waals surface area contributed by atoms with E-state index in [9.17, 15) is 4.79 Å². The Labute approximate surface area is 84.1 Å². The number of carbonyl (C=O) groups is 1. The monoisotopic (exact) mass is 189 g/mol. The van der Waals surface area contributed by atoms with Gasteiger partial charge in [-0.05, 0) is 42.9 Å². The van der Waals surface area contributed by atoms with Crippen molar-refractivity contribution in [3.8, 4) is 0 Å². The maximum atomic E-state index is 11.4. The first kappa shape index (κ1) is 9.41. The molecule has 0 amide bonds. The minimum absolute atomic E-state index is 0.173. The minimum Gasteiger partial charge on any atom is -0.326 e. The van der Waals surface area contributed by atoms with E-state index in [1.807, 2.05) is 12.1 Å². The van der Waals surface area contributed by atoms with Crippen LogP contribution in [0.3, 0.4) is 0 Å². The van der Waals surface area contributed by atoms with E-state index in [1.165, 1.54) is 16.7 Å². The van der Waals surface area contributed by atoms with Gasteiger partial charge in [0.15, 0.2) is 5.78 Å². The van der Waals surface area contributed by atoms with E-state index in [1.54, 1.807) is 6.92 Å². The van der Waals surface area contributed by atoms with Crippen LogP contribution >= 0.6 is 0 Å². The van der Waals surface area contributed by atoms with Crippen molar-refractivity contribution in [2.75, 3.05) is 0 Å². The van der Waals surface area contributed by atoms with Gasteiger partial charge in [-0.3, -0.25) is 4.79 Å². The Morgan fingerprint density at radius 3 is 2.71 bits per heavy atom. The van der Waals surface area contributed by atoms with Crippen molar-refractivity contribution >= 4 is 5.78 Å². The molecule has 1 aromatic carbocycles. The van der Waals surface area contributed by atoms with Gasteiger partial charge in [-0.1, -0.05) is 12.1 Å². The third kappa shape index (κ3) is 1.36. The predicted molar refractivity (Wildman–Crippen MR) is 56.4 cm³/mol. The molecule has 0 fully saturated rings. The Hall–Kier alpha value is -1.15. The molecule has 2 N–H and O–H groups in total. The summed E-state index contributed by atoms with van der Waals surface area (Å²) in [6.45, 7) is 2.22. The van der Waals surface area contributed by atoms with Crippen LogP contribution in [-0.2, 0) is 19.4 Å². The van der Waals surface area contributed by atoms with Gasteiger partial charge in [-0.25, -0.2) is 0 Å². The molecular weight excluding hydrogens is 174 g/mol. The molecule has 0 radical (unpaired) electrons. The largest absolute Gasteiger partial charge is 0.326 e. The van der Waals surface area contributed by atoms with E-state index in [0.717, 1.165) is 24.8 Å². The lowest BCUT2D eigenvalue weighted by Gasteiger charge is -2.09. The van der Waals surface area contributed by atoms with E-state index >= 15 is 0 Å². The summed E-state index contributed by atoms with van der Waals surface area (Å²) in [6, 6.07) is 3.93. The lowest BCUT2D eigenvalue weighted by molar-refractivity contribution is 0.101. The van der Waals surface area contributed by atoms with Crippen molar-refractivity contribution in [2.24, 2.45) is 5.73 Å². The number of nitrogens with two attached hydrogens (primary N) is 1. The van der Waals surface area contributed by atoms with Gasteiger partial charge >= 0.3 is 0 Å². The lowest BCUT2D eigenvalue weighted by atomic mass is 9.96. The van der Waals surface area contributed by atoms with Crippen LogP contribution in [0.25, 0.3) is 0 Å². The highest BCUT2D eigenvalue weighted by Gasteiger charge is 2.19. The summed E-state index contributed by atoms with van der Waals surface area (Å²) < 4.78 is 0. The number of fused-ring (bicyclic) bond motifs is 1. The molecule has 0 heterocycles. The Kier molecular flexibility index (Phi) is 2.38. The standard InChI is InChI=1S/C12H15NO/c1-8(14)10-6-5-9(7-13)11-3-2-4-12(10)11/h5-6H,2-4,7,13H2,1H3. The molecule has 0 unspecified atom stereocenters. The summed E-state index contributed by atoms with van der Waals surface area (Å²) in [5.41, 5.74) is 10.4. The molecule has 14 heavy (non-hydrogen) atoms. The van der Waals surface area contributed by atoms with E-state index in [2.05, 4.69) is 0 Å². The highest BCUT2D eigenvalue weighted by Crippen LogP contribution is 2.28. The molecule has 74 valence electrons. The molecule has 2 rings (SSSR count). The molecule has 1 aromatic rings.